The minimum Gasteiger partial charge on any atom is -0.313 e. The zero-order valence-electron chi connectivity index (χ0n) is 6.18. The van der Waals surface area contributed by atoms with E-state index in [1.54, 1.807) is 0 Å². The fraction of sp³-hybridized carbons (Fsp3) is 0.714. The maximum Gasteiger partial charge on any atom is 0.0134 e. The van der Waals surface area contributed by atoms with Gasteiger partial charge in [0, 0.05) is 6.54 Å². The molecule has 0 amide bonds. The first-order chi connectivity index (χ1) is 3.91. The van der Waals surface area contributed by atoms with E-state index in [2.05, 4.69) is 24.4 Å². The lowest BCUT2D eigenvalue weighted by Gasteiger charge is -1.93. The third-order valence-corrected chi connectivity index (χ3v) is 0.925. The van der Waals surface area contributed by atoms with Gasteiger partial charge in [-0.3, -0.25) is 0 Å². The Labute approximate surface area is 63.9 Å². The van der Waals surface area contributed by atoms with Crippen LogP contribution in [0, 0.1) is 0 Å². The molecule has 0 unspecified atom stereocenters. The zero-order valence-corrected chi connectivity index (χ0v) is 7.00. The van der Waals surface area contributed by atoms with E-state index in [-0.39, 0.29) is 12.4 Å². The van der Waals surface area contributed by atoms with E-state index in [0.717, 1.165) is 13.1 Å². The van der Waals surface area contributed by atoms with Gasteiger partial charge in [-0.15, -0.1) is 12.4 Å². The van der Waals surface area contributed by atoms with E-state index >= 15 is 0 Å². The van der Waals surface area contributed by atoms with Gasteiger partial charge in [0.1, 0.15) is 0 Å². The van der Waals surface area contributed by atoms with Crippen LogP contribution in [0.25, 0.3) is 0 Å². The minimum atomic E-state index is 0. The number of hydrogen-bond donors (Lipinski definition) is 1. The first-order valence-electron chi connectivity index (χ1n) is 3.23. The molecule has 0 saturated carbocycles. The van der Waals surface area contributed by atoms with Crippen LogP contribution in [0.2, 0.25) is 0 Å². The maximum atomic E-state index is 3.25. The molecule has 0 aromatic rings. The molecule has 0 fully saturated rings. The molecule has 0 spiro atoms. The molecular formula is C7H16ClN. The molecule has 0 aromatic heterocycles. The molecule has 0 heterocycles. The van der Waals surface area contributed by atoms with Crippen LogP contribution in [0.5, 0.6) is 0 Å². The third kappa shape index (κ3) is 11.5. The Morgan fingerprint density at radius 3 is 2.56 bits per heavy atom. The second-order valence-corrected chi connectivity index (χ2v) is 1.77. The number of nitrogens with one attached hydrogen (secondary N) is 1. The summed E-state index contributed by atoms with van der Waals surface area (Å²) in [6.07, 6.45) is 5.40. The maximum absolute atomic E-state index is 3.25. The monoisotopic (exact) mass is 149 g/mol. The summed E-state index contributed by atoms with van der Waals surface area (Å²) in [5.41, 5.74) is 0. The van der Waals surface area contributed by atoms with E-state index in [4.69, 9.17) is 0 Å². The molecule has 0 aromatic carbocycles. The van der Waals surface area contributed by atoms with Crippen molar-refractivity contribution in [2.24, 2.45) is 0 Å². The van der Waals surface area contributed by atoms with Gasteiger partial charge in [0.25, 0.3) is 0 Å². The van der Waals surface area contributed by atoms with E-state index in [0.29, 0.717) is 0 Å². The predicted molar refractivity (Wildman–Crippen MR) is 45.2 cm³/mol. The zero-order chi connectivity index (χ0) is 6.24. The lowest BCUT2D eigenvalue weighted by molar-refractivity contribution is 0.729. The Bertz CT molecular complexity index is 61.9. The first-order valence-corrected chi connectivity index (χ1v) is 3.23. The minimum absolute atomic E-state index is 0. The van der Waals surface area contributed by atoms with Gasteiger partial charge in [0.05, 0.1) is 0 Å². The van der Waals surface area contributed by atoms with Crippen molar-refractivity contribution in [3.63, 3.8) is 0 Å². The molecular weight excluding hydrogens is 134 g/mol. The summed E-state index contributed by atoms with van der Waals surface area (Å²) in [4.78, 5) is 0. The molecule has 0 aliphatic carbocycles. The lowest BCUT2D eigenvalue weighted by Crippen LogP contribution is -2.13. The van der Waals surface area contributed by atoms with Crippen molar-refractivity contribution in [1.82, 2.24) is 5.32 Å². The molecule has 1 N–H and O–H groups in total. The molecule has 0 bridgehead atoms. The Hall–Kier alpha value is -0.0100. The molecule has 0 atom stereocenters. The molecule has 2 heteroatoms. The van der Waals surface area contributed by atoms with Gasteiger partial charge < -0.3 is 5.32 Å². The highest BCUT2D eigenvalue weighted by Crippen LogP contribution is 1.70. The van der Waals surface area contributed by atoms with Crippen LogP contribution in [0.1, 0.15) is 20.3 Å². The second kappa shape index (κ2) is 10.9. The van der Waals surface area contributed by atoms with Crippen molar-refractivity contribution in [3.8, 4) is 0 Å². The fourth-order valence-corrected chi connectivity index (χ4v) is 0.480. The van der Waals surface area contributed by atoms with Gasteiger partial charge >= 0.3 is 0 Å². The number of halogens is 1. The highest BCUT2D eigenvalue weighted by atomic mass is 35.5. The van der Waals surface area contributed by atoms with Crippen molar-refractivity contribution >= 4 is 12.4 Å². The molecule has 0 aliphatic rings. The van der Waals surface area contributed by atoms with Crippen LogP contribution < -0.4 is 5.32 Å². The third-order valence-electron chi connectivity index (χ3n) is 0.925. The summed E-state index contributed by atoms with van der Waals surface area (Å²) < 4.78 is 0. The SMILES string of the molecule is C/C=C/CNCCC.Cl. The summed E-state index contributed by atoms with van der Waals surface area (Å²) in [6, 6.07) is 0. The number of rotatable bonds is 4. The highest BCUT2D eigenvalue weighted by molar-refractivity contribution is 5.85. The molecule has 0 rings (SSSR count). The van der Waals surface area contributed by atoms with Crippen molar-refractivity contribution in [2.45, 2.75) is 20.3 Å². The Morgan fingerprint density at radius 2 is 2.11 bits per heavy atom. The Morgan fingerprint density at radius 1 is 1.44 bits per heavy atom. The molecule has 0 radical (unpaired) electrons. The van der Waals surface area contributed by atoms with Crippen molar-refractivity contribution in [1.29, 1.82) is 0 Å². The molecule has 0 aliphatic heterocycles. The van der Waals surface area contributed by atoms with Crippen LogP contribution in [0.4, 0.5) is 0 Å². The van der Waals surface area contributed by atoms with Gasteiger partial charge in [-0.25, -0.2) is 0 Å². The molecule has 0 saturated heterocycles. The quantitative estimate of drug-likeness (QED) is 0.476. The van der Waals surface area contributed by atoms with E-state index < -0.39 is 0 Å². The smallest absolute Gasteiger partial charge is 0.0134 e. The van der Waals surface area contributed by atoms with Crippen LogP contribution in [-0.4, -0.2) is 13.1 Å². The van der Waals surface area contributed by atoms with Gasteiger partial charge in [-0.05, 0) is 19.9 Å². The topological polar surface area (TPSA) is 12.0 Å². The van der Waals surface area contributed by atoms with E-state index in [1.807, 2.05) is 6.92 Å². The van der Waals surface area contributed by atoms with Crippen LogP contribution >= 0.6 is 12.4 Å². The molecule has 1 nitrogen and oxygen atoms in total. The van der Waals surface area contributed by atoms with Crippen molar-refractivity contribution in [3.05, 3.63) is 12.2 Å². The van der Waals surface area contributed by atoms with Crippen LogP contribution in [0.15, 0.2) is 12.2 Å². The summed E-state index contributed by atoms with van der Waals surface area (Å²) in [7, 11) is 0. The van der Waals surface area contributed by atoms with Gasteiger partial charge in [0.15, 0.2) is 0 Å². The summed E-state index contributed by atoms with van der Waals surface area (Å²) in [5.74, 6) is 0. The van der Waals surface area contributed by atoms with Crippen molar-refractivity contribution < 1.29 is 0 Å². The average molecular weight is 150 g/mol. The normalized spacial score (nSPS) is 9.56. The fourth-order valence-electron chi connectivity index (χ4n) is 0.480. The van der Waals surface area contributed by atoms with Crippen molar-refractivity contribution in [2.75, 3.05) is 13.1 Å². The van der Waals surface area contributed by atoms with Gasteiger partial charge in [-0.1, -0.05) is 19.1 Å². The van der Waals surface area contributed by atoms with E-state index in [9.17, 15) is 0 Å². The van der Waals surface area contributed by atoms with Crippen LogP contribution in [0.3, 0.4) is 0 Å². The number of allylic oxidation sites excluding steroid dienone is 1. The summed E-state index contributed by atoms with van der Waals surface area (Å²) in [6.45, 7) is 6.35. The molecule has 56 valence electrons. The van der Waals surface area contributed by atoms with Gasteiger partial charge in [0.2, 0.25) is 0 Å². The lowest BCUT2D eigenvalue weighted by atomic mass is 10.4. The van der Waals surface area contributed by atoms with Gasteiger partial charge in [-0.2, -0.15) is 0 Å². The Balaban J connectivity index is 0. The summed E-state index contributed by atoms with van der Waals surface area (Å²) in [5, 5.41) is 3.25. The predicted octanol–water partition coefficient (Wildman–Crippen LogP) is 1.98. The highest BCUT2D eigenvalue weighted by Gasteiger charge is 1.74. The number of hydrogen-bond acceptors (Lipinski definition) is 1. The Kier molecular flexibility index (Phi) is 14.2. The summed E-state index contributed by atoms with van der Waals surface area (Å²) >= 11 is 0. The first kappa shape index (κ1) is 11.7. The van der Waals surface area contributed by atoms with E-state index in [1.165, 1.54) is 6.42 Å². The standard InChI is InChI=1S/C7H15N.ClH/c1-3-5-7-8-6-4-2;/h3,5,8H,4,6-7H2,1-2H3;1H/b5-3+;. The second-order valence-electron chi connectivity index (χ2n) is 1.77. The molecule has 9 heavy (non-hydrogen) atoms. The largest absolute Gasteiger partial charge is 0.313 e. The average Bonchev–Trinajstić information content (AvgIpc) is 1.81. The van der Waals surface area contributed by atoms with Crippen LogP contribution in [-0.2, 0) is 0 Å².